The highest BCUT2D eigenvalue weighted by Gasteiger charge is 2.34. The number of aliphatic imine (C=N–C) groups is 1. The van der Waals surface area contributed by atoms with Crippen LogP contribution >= 0.6 is 0 Å². The first-order valence-electron chi connectivity index (χ1n) is 10.7. The highest BCUT2D eigenvalue weighted by Crippen LogP contribution is 2.35. The fraction of sp³-hybridized carbons (Fsp3) is 0.458. The minimum Gasteiger partial charge on any atom is -0.494 e. The Morgan fingerprint density at radius 1 is 0.967 bits per heavy atom. The van der Waals surface area contributed by atoms with Gasteiger partial charge in [-0.05, 0) is 49.6 Å². The largest absolute Gasteiger partial charge is 0.494 e. The molecule has 0 unspecified atom stereocenters. The van der Waals surface area contributed by atoms with E-state index in [1.807, 2.05) is 37.3 Å². The zero-order valence-corrected chi connectivity index (χ0v) is 18.0. The maximum atomic E-state index is 5.74. The number of nitrogens with zero attached hydrogens (tertiary/aromatic N) is 1. The predicted molar refractivity (Wildman–Crippen MR) is 121 cm³/mol. The summed E-state index contributed by atoms with van der Waals surface area (Å²) in [6.45, 7) is 6.26. The van der Waals surface area contributed by atoms with Crippen molar-refractivity contribution < 1.29 is 14.2 Å². The first kappa shape index (κ1) is 22.0. The van der Waals surface area contributed by atoms with E-state index in [9.17, 15) is 0 Å². The van der Waals surface area contributed by atoms with Gasteiger partial charge in [0.15, 0.2) is 5.96 Å². The van der Waals surface area contributed by atoms with Gasteiger partial charge in [-0.1, -0.05) is 30.3 Å². The van der Waals surface area contributed by atoms with Crippen LogP contribution in [0.25, 0.3) is 0 Å². The molecule has 2 N–H and O–H groups in total. The average molecular weight is 412 g/mol. The van der Waals surface area contributed by atoms with Crippen LogP contribution in [0.4, 0.5) is 0 Å². The van der Waals surface area contributed by atoms with Crippen molar-refractivity contribution in [2.75, 3.05) is 46.6 Å². The molecule has 0 atom stereocenters. The number of ether oxygens (including phenoxy) is 3. The van der Waals surface area contributed by atoms with Crippen LogP contribution < -0.4 is 20.1 Å². The van der Waals surface area contributed by atoms with Crippen LogP contribution in [-0.2, 0) is 10.2 Å². The zero-order chi connectivity index (χ0) is 21.1. The van der Waals surface area contributed by atoms with Crippen LogP contribution in [-0.4, -0.2) is 52.5 Å². The Hall–Kier alpha value is -2.73. The van der Waals surface area contributed by atoms with Crippen molar-refractivity contribution in [2.24, 2.45) is 4.99 Å². The van der Waals surface area contributed by atoms with Crippen molar-refractivity contribution in [1.29, 1.82) is 0 Å². The van der Waals surface area contributed by atoms with Crippen molar-refractivity contribution in [3.05, 3.63) is 60.2 Å². The predicted octanol–water partition coefficient (Wildman–Crippen LogP) is 3.38. The number of rotatable bonds is 9. The molecule has 0 aromatic heterocycles. The number of benzene rings is 2. The second-order valence-electron chi connectivity index (χ2n) is 7.36. The second kappa shape index (κ2) is 11.5. The summed E-state index contributed by atoms with van der Waals surface area (Å²) in [5, 5.41) is 6.85. The lowest BCUT2D eigenvalue weighted by atomic mass is 9.74. The van der Waals surface area contributed by atoms with Crippen LogP contribution in [0, 0.1) is 0 Å². The molecule has 1 saturated heterocycles. The van der Waals surface area contributed by atoms with Crippen molar-refractivity contribution in [1.82, 2.24) is 10.6 Å². The molecular formula is C24H33N3O3. The summed E-state index contributed by atoms with van der Waals surface area (Å²) in [5.41, 5.74) is 1.32. The maximum absolute atomic E-state index is 5.74. The van der Waals surface area contributed by atoms with Crippen LogP contribution in [0.2, 0.25) is 0 Å². The Labute approximate surface area is 179 Å². The molecule has 1 heterocycles. The number of hydrogen-bond donors (Lipinski definition) is 2. The first-order valence-corrected chi connectivity index (χ1v) is 10.7. The van der Waals surface area contributed by atoms with Crippen molar-refractivity contribution in [3.63, 3.8) is 0 Å². The molecule has 0 radical (unpaired) electrons. The van der Waals surface area contributed by atoms with Crippen LogP contribution in [0.5, 0.6) is 11.5 Å². The van der Waals surface area contributed by atoms with Gasteiger partial charge in [0.25, 0.3) is 0 Å². The van der Waals surface area contributed by atoms with E-state index in [1.165, 1.54) is 5.56 Å². The summed E-state index contributed by atoms with van der Waals surface area (Å²) in [6, 6.07) is 18.3. The Morgan fingerprint density at radius 2 is 1.67 bits per heavy atom. The normalized spacial score (nSPS) is 16.0. The molecule has 162 valence electrons. The fourth-order valence-corrected chi connectivity index (χ4v) is 3.73. The standard InChI is InChI=1S/C24H33N3O3/c1-3-29-22-11-9-20(10-12-22)24(13-16-28-17-14-24)19-27-23(25-2)26-15-18-30-21-7-5-4-6-8-21/h4-12H,3,13-19H2,1-2H3,(H2,25,26,27). The lowest BCUT2D eigenvalue weighted by Gasteiger charge is -2.38. The average Bonchev–Trinajstić information content (AvgIpc) is 2.80. The van der Waals surface area contributed by atoms with E-state index < -0.39 is 0 Å². The molecule has 0 spiro atoms. The molecule has 6 heteroatoms. The number of nitrogens with one attached hydrogen (secondary N) is 2. The fourth-order valence-electron chi connectivity index (χ4n) is 3.73. The monoisotopic (exact) mass is 411 g/mol. The van der Waals surface area contributed by atoms with Gasteiger partial charge < -0.3 is 24.8 Å². The minimum absolute atomic E-state index is 0.0150. The molecular weight excluding hydrogens is 378 g/mol. The molecule has 3 rings (SSSR count). The zero-order valence-electron chi connectivity index (χ0n) is 18.0. The van der Waals surface area contributed by atoms with Crippen LogP contribution in [0.15, 0.2) is 59.6 Å². The Kier molecular flexibility index (Phi) is 8.39. The molecule has 6 nitrogen and oxygen atoms in total. The summed E-state index contributed by atoms with van der Waals surface area (Å²) in [7, 11) is 1.79. The third-order valence-corrected chi connectivity index (χ3v) is 5.45. The van der Waals surface area contributed by atoms with Gasteiger partial charge in [0.05, 0.1) is 13.2 Å². The molecule has 2 aromatic rings. The van der Waals surface area contributed by atoms with E-state index in [-0.39, 0.29) is 5.41 Å². The number of hydrogen-bond acceptors (Lipinski definition) is 4. The Morgan fingerprint density at radius 3 is 2.33 bits per heavy atom. The number of guanidine groups is 1. The van der Waals surface area contributed by atoms with Crippen LogP contribution in [0.3, 0.4) is 0 Å². The van der Waals surface area contributed by atoms with Crippen molar-refractivity contribution >= 4 is 5.96 Å². The lowest BCUT2D eigenvalue weighted by molar-refractivity contribution is 0.0513. The molecule has 0 bridgehead atoms. The quantitative estimate of drug-likeness (QED) is 0.376. The van der Waals surface area contributed by atoms with Gasteiger partial charge in [-0.3, -0.25) is 4.99 Å². The molecule has 2 aromatic carbocycles. The van der Waals surface area contributed by atoms with Crippen LogP contribution in [0.1, 0.15) is 25.3 Å². The molecule has 0 saturated carbocycles. The van der Waals surface area contributed by atoms with E-state index in [2.05, 4.69) is 39.9 Å². The molecule has 1 aliphatic heterocycles. The lowest BCUT2D eigenvalue weighted by Crippen LogP contribution is -2.48. The highest BCUT2D eigenvalue weighted by molar-refractivity contribution is 5.79. The summed E-state index contributed by atoms with van der Waals surface area (Å²) in [5.74, 6) is 2.56. The maximum Gasteiger partial charge on any atom is 0.191 e. The van der Waals surface area contributed by atoms with E-state index in [1.54, 1.807) is 7.05 Å². The van der Waals surface area contributed by atoms with Gasteiger partial charge in [-0.15, -0.1) is 0 Å². The van der Waals surface area contributed by atoms with Crippen molar-refractivity contribution in [2.45, 2.75) is 25.2 Å². The topological polar surface area (TPSA) is 64.1 Å². The minimum atomic E-state index is 0.0150. The third kappa shape index (κ3) is 6.13. The van der Waals surface area contributed by atoms with Crippen molar-refractivity contribution in [3.8, 4) is 11.5 Å². The van der Waals surface area contributed by atoms with Gasteiger partial charge >= 0.3 is 0 Å². The van der Waals surface area contributed by atoms with E-state index >= 15 is 0 Å². The Bertz CT molecular complexity index is 772. The van der Waals surface area contributed by atoms with Gasteiger partial charge in [-0.2, -0.15) is 0 Å². The third-order valence-electron chi connectivity index (χ3n) is 5.45. The molecule has 30 heavy (non-hydrogen) atoms. The highest BCUT2D eigenvalue weighted by atomic mass is 16.5. The molecule has 1 aliphatic rings. The van der Waals surface area contributed by atoms with Gasteiger partial charge in [0.2, 0.25) is 0 Å². The molecule has 1 fully saturated rings. The summed E-state index contributed by atoms with van der Waals surface area (Å²) < 4.78 is 17.0. The number of para-hydroxylation sites is 1. The summed E-state index contributed by atoms with van der Waals surface area (Å²) in [6.07, 6.45) is 1.95. The summed E-state index contributed by atoms with van der Waals surface area (Å²) in [4.78, 5) is 4.37. The van der Waals surface area contributed by atoms with E-state index in [0.29, 0.717) is 19.8 Å². The summed E-state index contributed by atoms with van der Waals surface area (Å²) >= 11 is 0. The SMILES string of the molecule is CCOc1ccc(C2(CNC(=NC)NCCOc3ccccc3)CCOCC2)cc1. The van der Waals surface area contributed by atoms with Gasteiger partial charge in [0.1, 0.15) is 18.1 Å². The van der Waals surface area contributed by atoms with E-state index in [0.717, 1.165) is 50.1 Å². The van der Waals surface area contributed by atoms with Gasteiger partial charge in [-0.25, -0.2) is 0 Å². The van der Waals surface area contributed by atoms with Gasteiger partial charge in [0, 0.05) is 32.2 Å². The molecule has 0 amide bonds. The smallest absolute Gasteiger partial charge is 0.191 e. The second-order valence-corrected chi connectivity index (χ2v) is 7.36. The van der Waals surface area contributed by atoms with E-state index in [4.69, 9.17) is 14.2 Å². The Balaban J connectivity index is 1.55. The first-order chi connectivity index (χ1) is 14.8. The molecule has 0 aliphatic carbocycles.